The van der Waals surface area contributed by atoms with E-state index in [-0.39, 0.29) is 11.5 Å². The fourth-order valence-electron chi connectivity index (χ4n) is 5.45. The SMILES string of the molecule is CC(C)Cc1ccc(C(=O)N2C[C@@H]3[C@H](CN(C)C)[C@H]4CC[C@]3(C2)O4)cc1. The Kier molecular flexibility index (Phi) is 4.60. The summed E-state index contributed by atoms with van der Waals surface area (Å²) in [5.74, 6) is 1.85. The fourth-order valence-corrected chi connectivity index (χ4v) is 5.45. The molecule has 3 saturated heterocycles. The monoisotopic (exact) mass is 356 g/mol. The number of benzene rings is 1. The van der Waals surface area contributed by atoms with Crippen LogP contribution in [0.4, 0.5) is 0 Å². The first kappa shape index (κ1) is 18.0. The second-order valence-electron chi connectivity index (χ2n) is 9.27. The molecule has 3 fully saturated rings. The van der Waals surface area contributed by atoms with E-state index in [2.05, 4.69) is 45.0 Å². The number of fused-ring (bicyclic) bond motifs is 1. The Labute approximate surface area is 157 Å². The topological polar surface area (TPSA) is 32.8 Å². The zero-order chi connectivity index (χ0) is 18.5. The van der Waals surface area contributed by atoms with Gasteiger partial charge in [-0.1, -0.05) is 26.0 Å². The van der Waals surface area contributed by atoms with Gasteiger partial charge in [-0.2, -0.15) is 0 Å². The third kappa shape index (κ3) is 3.07. The van der Waals surface area contributed by atoms with Gasteiger partial charge >= 0.3 is 0 Å². The molecule has 26 heavy (non-hydrogen) atoms. The molecule has 4 heteroatoms. The number of carbonyl (C=O) groups excluding carboxylic acids is 1. The number of nitrogens with zero attached hydrogens (tertiary/aromatic N) is 2. The predicted molar refractivity (Wildman–Crippen MR) is 103 cm³/mol. The van der Waals surface area contributed by atoms with Crippen LogP contribution in [0.3, 0.4) is 0 Å². The molecular formula is C22H32N2O2. The lowest BCUT2D eigenvalue weighted by molar-refractivity contribution is 0.00256. The zero-order valence-electron chi connectivity index (χ0n) is 16.6. The maximum absolute atomic E-state index is 13.1. The predicted octanol–water partition coefficient (Wildman–Crippen LogP) is 3.07. The Morgan fingerprint density at radius 1 is 1.31 bits per heavy atom. The standard InChI is InChI=1S/C22H32N2O2/c1-15(2)11-16-5-7-17(8-6-16)21(25)24-13-19-18(12-23(3)4)20-9-10-22(19,14-24)26-20/h5-8,15,18-20H,9-14H2,1-4H3/t18-,19+,20+,22+/m0/s1. The smallest absolute Gasteiger partial charge is 0.253 e. The number of likely N-dealkylation sites (tertiary alicyclic amines) is 1. The summed E-state index contributed by atoms with van der Waals surface area (Å²) in [6.45, 7) is 7.12. The van der Waals surface area contributed by atoms with E-state index < -0.39 is 0 Å². The molecule has 0 N–H and O–H groups in total. The van der Waals surface area contributed by atoms with Crippen LogP contribution in [-0.4, -0.2) is 61.1 Å². The van der Waals surface area contributed by atoms with Gasteiger partial charge in [0.1, 0.15) is 0 Å². The quantitative estimate of drug-likeness (QED) is 0.813. The number of carbonyl (C=O) groups is 1. The summed E-state index contributed by atoms with van der Waals surface area (Å²) in [7, 11) is 4.27. The van der Waals surface area contributed by atoms with Crippen LogP contribution in [-0.2, 0) is 11.2 Å². The Morgan fingerprint density at radius 2 is 2.04 bits per heavy atom. The van der Waals surface area contributed by atoms with Crippen LogP contribution in [0.1, 0.15) is 42.6 Å². The molecule has 3 aliphatic rings. The van der Waals surface area contributed by atoms with Gasteiger partial charge in [-0.15, -0.1) is 0 Å². The van der Waals surface area contributed by atoms with Gasteiger partial charge in [0.05, 0.1) is 18.2 Å². The fraction of sp³-hybridized carbons (Fsp3) is 0.682. The average Bonchev–Trinajstić information content (AvgIpc) is 3.23. The number of hydrogen-bond donors (Lipinski definition) is 0. The minimum absolute atomic E-state index is 0.0708. The molecule has 0 radical (unpaired) electrons. The van der Waals surface area contributed by atoms with Crippen molar-refractivity contribution in [3.05, 3.63) is 35.4 Å². The van der Waals surface area contributed by atoms with Gasteiger partial charge in [0.2, 0.25) is 0 Å². The van der Waals surface area contributed by atoms with Crippen LogP contribution in [0.25, 0.3) is 0 Å². The van der Waals surface area contributed by atoms with Crippen LogP contribution in [0.15, 0.2) is 24.3 Å². The lowest BCUT2D eigenvalue weighted by atomic mass is 9.73. The first-order chi connectivity index (χ1) is 12.4. The van der Waals surface area contributed by atoms with E-state index in [0.717, 1.165) is 44.5 Å². The third-order valence-electron chi connectivity index (χ3n) is 6.49. The minimum atomic E-state index is -0.0708. The van der Waals surface area contributed by atoms with Gasteiger partial charge in [0.25, 0.3) is 5.91 Å². The van der Waals surface area contributed by atoms with Crippen LogP contribution >= 0.6 is 0 Å². The van der Waals surface area contributed by atoms with Crippen molar-refractivity contribution >= 4 is 5.91 Å². The molecule has 0 aliphatic carbocycles. The molecule has 0 aromatic heterocycles. The first-order valence-corrected chi connectivity index (χ1v) is 10.1. The minimum Gasteiger partial charge on any atom is -0.369 e. The summed E-state index contributed by atoms with van der Waals surface area (Å²) in [6.07, 6.45) is 3.73. The maximum atomic E-state index is 13.1. The Bertz CT molecular complexity index is 669. The second-order valence-corrected chi connectivity index (χ2v) is 9.27. The van der Waals surface area contributed by atoms with Crippen molar-refractivity contribution in [1.29, 1.82) is 0 Å². The molecule has 4 nitrogen and oxygen atoms in total. The summed E-state index contributed by atoms with van der Waals surface area (Å²) in [5.41, 5.74) is 2.05. The lowest BCUT2D eigenvalue weighted by Crippen LogP contribution is -2.40. The molecule has 142 valence electrons. The van der Waals surface area contributed by atoms with Crippen molar-refractivity contribution in [2.24, 2.45) is 17.8 Å². The highest BCUT2D eigenvalue weighted by Crippen LogP contribution is 2.55. The summed E-state index contributed by atoms with van der Waals surface area (Å²) in [5, 5.41) is 0. The van der Waals surface area contributed by atoms with Crippen molar-refractivity contribution in [3.8, 4) is 0 Å². The van der Waals surface area contributed by atoms with E-state index in [1.165, 1.54) is 5.56 Å². The third-order valence-corrected chi connectivity index (χ3v) is 6.49. The Hall–Kier alpha value is -1.39. The van der Waals surface area contributed by atoms with Crippen LogP contribution < -0.4 is 0 Å². The zero-order valence-corrected chi connectivity index (χ0v) is 16.6. The van der Waals surface area contributed by atoms with E-state index in [1.807, 2.05) is 17.0 Å². The van der Waals surface area contributed by atoms with Crippen molar-refractivity contribution in [2.45, 2.75) is 44.8 Å². The van der Waals surface area contributed by atoms with Crippen LogP contribution in [0.5, 0.6) is 0 Å². The Morgan fingerprint density at radius 3 is 2.69 bits per heavy atom. The molecule has 4 atom stereocenters. The van der Waals surface area contributed by atoms with E-state index in [0.29, 0.717) is 23.9 Å². The molecule has 1 amide bonds. The molecule has 3 aliphatic heterocycles. The van der Waals surface area contributed by atoms with Gasteiger partial charge in [0.15, 0.2) is 0 Å². The number of rotatable bonds is 5. The van der Waals surface area contributed by atoms with E-state index >= 15 is 0 Å². The maximum Gasteiger partial charge on any atom is 0.253 e. The molecule has 0 saturated carbocycles. The number of ether oxygens (including phenoxy) is 1. The summed E-state index contributed by atoms with van der Waals surface area (Å²) in [4.78, 5) is 17.4. The molecule has 1 aromatic rings. The molecular weight excluding hydrogens is 324 g/mol. The molecule has 2 bridgehead atoms. The van der Waals surface area contributed by atoms with Gasteiger partial charge in [0, 0.05) is 30.5 Å². The second kappa shape index (κ2) is 6.65. The lowest BCUT2D eigenvalue weighted by Gasteiger charge is -2.30. The summed E-state index contributed by atoms with van der Waals surface area (Å²) >= 11 is 0. The van der Waals surface area contributed by atoms with Crippen LogP contribution in [0, 0.1) is 17.8 Å². The van der Waals surface area contributed by atoms with Gasteiger partial charge in [-0.3, -0.25) is 4.79 Å². The molecule has 4 rings (SSSR count). The van der Waals surface area contributed by atoms with Crippen molar-refractivity contribution < 1.29 is 9.53 Å². The van der Waals surface area contributed by atoms with Gasteiger partial charge in [-0.25, -0.2) is 0 Å². The van der Waals surface area contributed by atoms with E-state index in [1.54, 1.807) is 0 Å². The van der Waals surface area contributed by atoms with Crippen molar-refractivity contribution in [3.63, 3.8) is 0 Å². The summed E-state index contributed by atoms with van der Waals surface area (Å²) < 4.78 is 6.46. The average molecular weight is 357 g/mol. The molecule has 3 heterocycles. The summed E-state index contributed by atoms with van der Waals surface area (Å²) in [6, 6.07) is 8.22. The highest BCUT2D eigenvalue weighted by molar-refractivity contribution is 5.94. The molecule has 1 spiro atoms. The highest BCUT2D eigenvalue weighted by Gasteiger charge is 2.63. The van der Waals surface area contributed by atoms with E-state index in [9.17, 15) is 4.79 Å². The molecule has 0 unspecified atom stereocenters. The normalized spacial score (nSPS) is 32.7. The van der Waals surface area contributed by atoms with Crippen molar-refractivity contribution in [2.75, 3.05) is 33.7 Å². The first-order valence-electron chi connectivity index (χ1n) is 10.1. The van der Waals surface area contributed by atoms with Gasteiger partial charge < -0.3 is 14.5 Å². The number of amides is 1. The largest absolute Gasteiger partial charge is 0.369 e. The highest BCUT2D eigenvalue weighted by atomic mass is 16.5. The van der Waals surface area contributed by atoms with Gasteiger partial charge in [-0.05, 0) is 57.0 Å². The van der Waals surface area contributed by atoms with E-state index in [4.69, 9.17) is 4.74 Å². The van der Waals surface area contributed by atoms with Crippen molar-refractivity contribution in [1.82, 2.24) is 9.80 Å². The Balaban J connectivity index is 1.47. The number of hydrogen-bond acceptors (Lipinski definition) is 3. The molecule has 1 aromatic carbocycles. The van der Waals surface area contributed by atoms with Crippen LogP contribution in [0.2, 0.25) is 0 Å².